The van der Waals surface area contributed by atoms with Gasteiger partial charge in [0.25, 0.3) is 5.69 Å². The minimum Gasteiger partial charge on any atom is -0.506 e. The van der Waals surface area contributed by atoms with E-state index in [0.29, 0.717) is 11.1 Å². The van der Waals surface area contributed by atoms with Crippen LogP contribution in [0.5, 0.6) is 5.75 Å². The van der Waals surface area contributed by atoms with E-state index in [1.54, 1.807) is 18.2 Å². The van der Waals surface area contributed by atoms with E-state index < -0.39 is 4.92 Å². The lowest BCUT2D eigenvalue weighted by Gasteiger charge is -2.02. The molecule has 0 aliphatic heterocycles. The first-order valence-corrected chi connectivity index (χ1v) is 6.24. The molecular formula is C15H9ClN2O3. The number of nitrogens with zero attached hydrogens (tertiary/aromatic N) is 2. The Kier molecular flexibility index (Phi) is 4.21. The maximum atomic E-state index is 10.8. The Morgan fingerprint density at radius 3 is 2.71 bits per heavy atom. The number of non-ortho nitro benzene ring substituents is 1. The van der Waals surface area contributed by atoms with E-state index in [0.717, 1.165) is 0 Å². The molecule has 0 atom stereocenters. The van der Waals surface area contributed by atoms with E-state index >= 15 is 0 Å². The largest absolute Gasteiger partial charge is 0.506 e. The zero-order chi connectivity index (χ0) is 15.4. The lowest BCUT2D eigenvalue weighted by molar-refractivity contribution is -0.384. The average molecular weight is 301 g/mol. The Morgan fingerprint density at radius 2 is 2.10 bits per heavy atom. The van der Waals surface area contributed by atoms with Crippen LogP contribution in [0.15, 0.2) is 42.5 Å². The molecule has 0 aromatic heterocycles. The van der Waals surface area contributed by atoms with Crippen LogP contribution in [0.4, 0.5) is 5.69 Å². The molecule has 5 nitrogen and oxygen atoms in total. The number of aromatic hydroxyl groups is 1. The van der Waals surface area contributed by atoms with Crippen LogP contribution in [0.2, 0.25) is 5.02 Å². The number of hydrogen-bond acceptors (Lipinski definition) is 4. The zero-order valence-electron chi connectivity index (χ0n) is 10.7. The van der Waals surface area contributed by atoms with E-state index in [1.807, 2.05) is 6.07 Å². The number of hydrogen-bond donors (Lipinski definition) is 1. The molecule has 21 heavy (non-hydrogen) atoms. The van der Waals surface area contributed by atoms with Gasteiger partial charge in [-0.2, -0.15) is 5.26 Å². The highest BCUT2D eigenvalue weighted by Gasteiger charge is 2.09. The molecule has 0 aliphatic rings. The second-order valence-corrected chi connectivity index (χ2v) is 4.60. The van der Waals surface area contributed by atoms with E-state index in [2.05, 4.69) is 0 Å². The smallest absolute Gasteiger partial charge is 0.270 e. The summed E-state index contributed by atoms with van der Waals surface area (Å²) in [5.74, 6) is -0.0531. The molecule has 2 rings (SSSR count). The van der Waals surface area contributed by atoms with Crippen LogP contribution in [0.1, 0.15) is 11.1 Å². The highest BCUT2D eigenvalue weighted by atomic mass is 35.5. The number of benzene rings is 2. The fourth-order valence-electron chi connectivity index (χ4n) is 1.75. The Labute approximate surface area is 125 Å². The SMILES string of the molecule is N#C/C(=C/c1ccc(O)c(Cl)c1)c1cccc([N+](=O)[O-])c1. The fourth-order valence-corrected chi connectivity index (χ4v) is 1.94. The number of phenols is 1. The van der Waals surface area contributed by atoms with Crippen LogP contribution in [0, 0.1) is 21.4 Å². The van der Waals surface area contributed by atoms with E-state index in [1.165, 1.54) is 30.3 Å². The Morgan fingerprint density at radius 1 is 1.33 bits per heavy atom. The van der Waals surface area contributed by atoms with Crippen molar-refractivity contribution in [3.05, 3.63) is 68.7 Å². The summed E-state index contributed by atoms with van der Waals surface area (Å²) in [5, 5.41) is 29.5. The molecule has 0 bridgehead atoms. The van der Waals surface area contributed by atoms with Gasteiger partial charge in [0.2, 0.25) is 0 Å². The zero-order valence-corrected chi connectivity index (χ0v) is 11.4. The summed E-state index contributed by atoms with van der Waals surface area (Å²) in [6.45, 7) is 0. The van der Waals surface area contributed by atoms with E-state index in [-0.39, 0.29) is 22.0 Å². The van der Waals surface area contributed by atoms with Crippen LogP contribution in [-0.4, -0.2) is 10.0 Å². The van der Waals surface area contributed by atoms with Crippen LogP contribution in [0.3, 0.4) is 0 Å². The van der Waals surface area contributed by atoms with Gasteiger partial charge in [-0.05, 0) is 29.3 Å². The summed E-state index contributed by atoms with van der Waals surface area (Å²) in [5.41, 5.74) is 1.23. The first-order valence-electron chi connectivity index (χ1n) is 5.86. The van der Waals surface area contributed by atoms with Gasteiger partial charge in [-0.3, -0.25) is 10.1 Å². The van der Waals surface area contributed by atoms with Gasteiger partial charge in [-0.1, -0.05) is 29.8 Å². The van der Waals surface area contributed by atoms with E-state index in [9.17, 15) is 20.5 Å². The third-order valence-electron chi connectivity index (χ3n) is 2.77. The second kappa shape index (κ2) is 6.07. The summed E-state index contributed by atoms with van der Waals surface area (Å²) in [4.78, 5) is 10.2. The second-order valence-electron chi connectivity index (χ2n) is 4.19. The predicted octanol–water partition coefficient (Wildman–Crippen LogP) is 4.02. The normalized spacial score (nSPS) is 11.0. The fraction of sp³-hybridized carbons (Fsp3) is 0. The minimum atomic E-state index is -0.518. The van der Waals surface area contributed by atoms with Crippen molar-refractivity contribution in [3.8, 4) is 11.8 Å². The topological polar surface area (TPSA) is 87.2 Å². The third-order valence-corrected chi connectivity index (χ3v) is 3.07. The number of allylic oxidation sites excluding steroid dienone is 1. The lowest BCUT2D eigenvalue weighted by Crippen LogP contribution is -1.89. The predicted molar refractivity (Wildman–Crippen MR) is 79.7 cm³/mol. The summed E-state index contributed by atoms with van der Waals surface area (Å²) in [6, 6.07) is 12.3. The maximum absolute atomic E-state index is 10.8. The van der Waals surface area contributed by atoms with Crippen molar-refractivity contribution in [3.63, 3.8) is 0 Å². The van der Waals surface area contributed by atoms with Crippen molar-refractivity contribution in [2.24, 2.45) is 0 Å². The Bertz CT molecular complexity index is 779. The minimum absolute atomic E-state index is 0.0531. The lowest BCUT2D eigenvalue weighted by atomic mass is 10.0. The van der Waals surface area contributed by atoms with Crippen molar-refractivity contribution in [1.29, 1.82) is 5.26 Å². The Hall–Kier alpha value is -2.84. The summed E-state index contributed by atoms with van der Waals surface area (Å²) >= 11 is 5.80. The number of nitro groups is 1. The molecule has 0 unspecified atom stereocenters. The third kappa shape index (κ3) is 3.38. The molecule has 0 aliphatic carbocycles. The summed E-state index contributed by atoms with van der Waals surface area (Å²) in [7, 11) is 0. The van der Waals surface area contributed by atoms with Gasteiger partial charge in [-0.25, -0.2) is 0 Å². The molecule has 0 saturated carbocycles. The van der Waals surface area contributed by atoms with Gasteiger partial charge in [0.15, 0.2) is 0 Å². The van der Waals surface area contributed by atoms with Gasteiger partial charge < -0.3 is 5.11 Å². The van der Waals surface area contributed by atoms with Crippen LogP contribution < -0.4 is 0 Å². The van der Waals surface area contributed by atoms with Gasteiger partial charge >= 0.3 is 0 Å². The molecule has 0 amide bonds. The first kappa shape index (κ1) is 14.6. The molecule has 0 radical (unpaired) electrons. The van der Waals surface area contributed by atoms with Crippen molar-refractivity contribution in [2.45, 2.75) is 0 Å². The Balaban J connectivity index is 2.46. The summed E-state index contributed by atoms with van der Waals surface area (Å²) < 4.78 is 0. The monoisotopic (exact) mass is 300 g/mol. The molecule has 0 saturated heterocycles. The number of phenolic OH excluding ortho intramolecular Hbond substituents is 1. The van der Waals surface area contributed by atoms with Crippen molar-refractivity contribution < 1.29 is 10.0 Å². The number of nitro benzene ring substituents is 1. The molecule has 1 N–H and O–H groups in total. The molecule has 0 fully saturated rings. The first-order chi connectivity index (χ1) is 10.0. The van der Waals surface area contributed by atoms with Gasteiger partial charge in [-0.15, -0.1) is 0 Å². The van der Waals surface area contributed by atoms with Crippen molar-refractivity contribution in [2.75, 3.05) is 0 Å². The molecule has 104 valence electrons. The van der Waals surface area contributed by atoms with Crippen molar-refractivity contribution in [1.82, 2.24) is 0 Å². The van der Waals surface area contributed by atoms with E-state index in [4.69, 9.17) is 11.6 Å². The molecule has 0 spiro atoms. The van der Waals surface area contributed by atoms with Crippen LogP contribution in [0.25, 0.3) is 11.6 Å². The van der Waals surface area contributed by atoms with Gasteiger partial charge in [0.1, 0.15) is 5.75 Å². The van der Waals surface area contributed by atoms with Crippen LogP contribution in [-0.2, 0) is 0 Å². The van der Waals surface area contributed by atoms with Crippen LogP contribution >= 0.6 is 11.6 Å². The average Bonchev–Trinajstić information content (AvgIpc) is 2.48. The van der Waals surface area contributed by atoms with Crippen molar-refractivity contribution >= 4 is 28.9 Å². The maximum Gasteiger partial charge on any atom is 0.270 e. The molecule has 2 aromatic rings. The number of nitriles is 1. The van der Waals surface area contributed by atoms with Gasteiger partial charge in [0.05, 0.1) is 21.6 Å². The summed E-state index contributed by atoms with van der Waals surface area (Å²) in [6.07, 6.45) is 1.55. The number of halogens is 1. The van der Waals surface area contributed by atoms with Gasteiger partial charge in [0, 0.05) is 12.1 Å². The standard InChI is InChI=1S/C15H9ClN2O3/c16-14-7-10(4-5-15(14)19)6-12(9-17)11-2-1-3-13(8-11)18(20)21/h1-8,19H/b12-6-. The molecular weight excluding hydrogens is 292 g/mol. The molecule has 2 aromatic carbocycles. The molecule has 0 heterocycles. The highest BCUT2D eigenvalue weighted by molar-refractivity contribution is 6.32. The highest BCUT2D eigenvalue weighted by Crippen LogP contribution is 2.27. The quantitative estimate of drug-likeness (QED) is 0.401. The number of rotatable bonds is 3. The molecule has 6 heteroatoms.